The van der Waals surface area contributed by atoms with Crippen LogP contribution in [0, 0.1) is 9.49 Å². The van der Waals surface area contributed by atoms with Gasteiger partial charge in [0.15, 0.2) is 0 Å². The second-order valence-corrected chi connectivity index (χ2v) is 6.39. The van der Waals surface area contributed by atoms with Crippen molar-refractivity contribution >= 4 is 34.5 Å². The van der Waals surface area contributed by atoms with E-state index in [-0.39, 0.29) is 12.3 Å². The molecule has 2 N–H and O–H groups in total. The molecule has 0 aliphatic rings. The predicted molar refractivity (Wildman–Crippen MR) is 91.4 cm³/mol. The Morgan fingerprint density at radius 2 is 2.05 bits per heavy atom. The summed E-state index contributed by atoms with van der Waals surface area (Å²) in [4.78, 5) is 22.6. The molecule has 4 nitrogen and oxygen atoms in total. The van der Waals surface area contributed by atoms with Crippen LogP contribution in [0.15, 0.2) is 24.3 Å². The van der Waals surface area contributed by atoms with Crippen LogP contribution in [0.5, 0.6) is 0 Å². The van der Waals surface area contributed by atoms with E-state index in [4.69, 9.17) is 5.11 Å². The van der Waals surface area contributed by atoms with Crippen LogP contribution in [0.25, 0.3) is 0 Å². The van der Waals surface area contributed by atoms with Gasteiger partial charge in [-0.15, -0.1) is 0 Å². The summed E-state index contributed by atoms with van der Waals surface area (Å²) in [5, 5.41) is 11.7. The molecule has 0 saturated carbocycles. The molecule has 5 heteroatoms. The second kappa shape index (κ2) is 9.76. The standard InChI is InChI=1S/C16H22INO3/c1-2-4-12(7-8-15(19)20)9-10-18-16(21)13-5-3-6-14(17)11-13/h3,5-6,11-12H,2,4,7-10H2,1H3,(H,18,21)(H,19,20). The Morgan fingerprint density at radius 3 is 2.67 bits per heavy atom. The summed E-state index contributed by atoms with van der Waals surface area (Å²) in [7, 11) is 0. The molecule has 0 radical (unpaired) electrons. The van der Waals surface area contributed by atoms with E-state index >= 15 is 0 Å². The Morgan fingerprint density at radius 1 is 1.29 bits per heavy atom. The maximum atomic E-state index is 12.0. The molecule has 0 fully saturated rings. The van der Waals surface area contributed by atoms with Crippen molar-refractivity contribution in [3.05, 3.63) is 33.4 Å². The molecular formula is C16H22INO3. The maximum absolute atomic E-state index is 12.0. The topological polar surface area (TPSA) is 66.4 Å². The lowest BCUT2D eigenvalue weighted by molar-refractivity contribution is -0.137. The van der Waals surface area contributed by atoms with Gasteiger partial charge in [0.25, 0.3) is 5.91 Å². The number of hydrogen-bond donors (Lipinski definition) is 2. The number of carbonyl (C=O) groups is 2. The highest BCUT2D eigenvalue weighted by Gasteiger charge is 2.11. The molecule has 1 rings (SSSR count). The first-order valence-corrected chi connectivity index (χ1v) is 8.36. The van der Waals surface area contributed by atoms with Crippen LogP contribution in [0.1, 0.15) is 49.4 Å². The molecule has 1 aromatic rings. The first-order valence-electron chi connectivity index (χ1n) is 7.28. The Balaban J connectivity index is 2.38. The number of aliphatic carboxylic acids is 1. The van der Waals surface area contributed by atoms with Crippen molar-refractivity contribution < 1.29 is 14.7 Å². The number of carboxylic acids is 1. The molecule has 0 heterocycles. The highest BCUT2D eigenvalue weighted by Crippen LogP contribution is 2.17. The number of carbonyl (C=O) groups excluding carboxylic acids is 1. The van der Waals surface area contributed by atoms with Crippen LogP contribution in [0.3, 0.4) is 0 Å². The molecule has 1 unspecified atom stereocenters. The quantitative estimate of drug-likeness (QED) is 0.618. The van der Waals surface area contributed by atoms with Crippen molar-refractivity contribution in [2.45, 2.75) is 39.0 Å². The minimum Gasteiger partial charge on any atom is -0.481 e. The number of rotatable bonds is 9. The van der Waals surface area contributed by atoms with E-state index in [1.165, 1.54) is 0 Å². The van der Waals surface area contributed by atoms with Gasteiger partial charge in [-0.3, -0.25) is 9.59 Å². The molecule has 0 aliphatic heterocycles. The first kappa shape index (κ1) is 17.9. The van der Waals surface area contributed by atoms with Gasteiger partial charge in [-0.2, -0.15) is 0 Å². The molecule has 0 saturated heterocycles. The Kier molecular flexibility index (Phi) is 8.34. The molecule has 1 atom stereocenters. The Labute approximate surface area is 139 Å². The second-order valence-electron chi connectivity index (χ2n) is 5.14. The monoisotopic (exact) mass is 403 g/mol. The van der Waals surface area contributed by atoms with Crippen LogP contribution in [0.2, 0.25) is 0 Å². The van der Waals surface area contributed by atoms with Gasteiger partial charge in [0.1, 0.15) is 0 Å². The van der Waals surface area contributed by atoms with E-state index in [1.54, 1.807) is 6.07 Å². The van der Waals surface area contributed by atoms with Gasteiger partial charge in [0.2, 0.25) is 0 Å². The first-order chi connectivity index (χ1) is 10.0. The number of halogens is 1. The fourth-order valence-corrected chi connectivity index (χ4v) is 2.83. The SMILES string of the molecule is CCCC(CCNC(=O)c1cccc(I)c1)CCC(=O)O. The predicted octanol–water partition coefficient (Wildman–Crippen LogP) is 3.69. The number of hydrogen-bond acceptors (Lipinski definition) is 2. The molecule has 1 aromatic carbocycles. The lowest BCUT2D eigenvalue weighted by Crippen LogP contribution is -2.26. The zero-order chi connectivity index (χ0) is 15.7. The van der Waals surface area contributed by atoms with Gasteiger partial charge in [-0.1, -0.05) is 25.8 Å². The molecule has 0 aliphatic carbocycles. The van der Waals surface area contributed by atoms with E-state index in [1.807, 2.05) is 18.2 Å². The fourth-order valence-electron chi connectivity index (χ4n) is 2.29. The normalized spacial score (nSPS) is 11.9. The number of carboxylic acid groups (broad SMARTS) is 1. The Bertz CT molecular complexity index is 476. The summed E-state index contributed by atoms with van der Waals surface area (Å²) in [5.41, 5.74) is 0.666. The molecule has 21 heavy (non-hydrogen) atoms. The van der Waals surface area contributed by atoms with Crippen molar-refractivity contribution in [3.63, 3.8) is 0 Å². The average molecular weight is 403 g/mol. The number of amides is 1. The summed E-state index contributed by atoms with van der Waals surface area (Å²) in [6.07, 6.45) is 3.76. The smallest absolute Gasteiger partial charge is 0.303 e. The van der Waals surface area contributed by atoms with Gasteiger partial charge in [0.05, 0.1) is 0 Å². The van der Waals surface area contributed by atoms with E-state index in [9.17, 15) is 9.59 Å². The summed E-state index contributed by atoms with van der Waals surface area (Å²) in [6, 6.07) is 7.46. The molecule has 116 valence electrons. The van der Waals surface area contributed by atoms with E-state index in [2.05, 4.69) is 34.8 Å². The summed E-state index contributed by atoms with van der Waals surface area (Å²) < 4.78 is 1.03. The maximum Gasteiger partial charge on any atom is 0.303 e. The molecular weight excluding hydrogens is 381 g/mol. The van der Waals surface area contributed by atoms with Crippen LogP contribution >= 0.6 is 22.6 Å². The van der Waals surface area contributed by atoms with Gasteiger partial charge in [0, 0.05) is 22.1 Å². The van der Waals surface area contributed by atoms with Gasteiger partial charge in [-0.25, -0.2) is 0 Å². The zero-order valence-electron chi connectivity index (χ0n) is 12.3. The van der Waals surface area contributed by atoms with Gasteiger partial charge < -0.3 is 10.4 Å². The van der Waals surface area contributed by atoms with Crippen molar-refractivity contribution in [2.24, 2.45) is 5.92 Å². The average Bonchev–Trinajstić information content (AvgIpc) is 2.44. The molecule has 0 bridgehead atoms. The third-order valence-electron chi connectivity index (χ3n) is 3.39. The minimum atomic E-state index is -0.751. The highest BCUT2D eigenvalue weighted by molar-refractivity contribution is 14.1. The zero-order valence-corrected chi connectivity index (χ0v) is 14.4. The van der Waals surface area contributed by atoms with Crippen LogP contribution in [-0.4, -0.2) is 23.5 Å². The molecule has 0 aromatic heterocycles. The van der Waals surface area contributed by atoms with Crippen LogP contribution in [-0.2, 0) is 4.79 Å². The third-order valence-corrected chi connectivity index (χ3v) is 4.06. The summed E-state index contributed by atoms with van der Waals surface area (Å²) in [5.74, 6) is -0.455. The lowest BCUT2D eigenvalue weighted by Gasteiger charge is -2.15. The van der Waals surface area contributed by atoms with Crippen molar-refractivity contribution in [1.29, 1.82) is 0 Å². The van der Waals surface area contributed by atoms with Crippen molar-refractivity contribution in [1.82, 2.24) is 5.32 Å². The van der Waals surface area contributed by atoms with Crippen LogP contribution < -0.4 is 5.32 Å². The van der Waals surface area contributed by atoms with Crippen molar-refractivity contribution in [2.75, 3.05) is 6.54 Å². The highest BCUT2D eigenvalue weighted by atomic mass is 127. The fraction of sp³-hybridized carbons (Fsp3) is 0.500. The third kappa shape index (κ3) is 7.45. The van der Waals surface area contributed by atoms with E-state index < -0.39 is 5.97 Å². The number of nitrogens with one attached hydrogen (secondary N) is 1. The van der Waals surface area contributed by atoms with Crippen LogP contribution in [0.4, 0.5) is 0 Å². The van der Waals surface area contributed by atoms with Crippen molar-refractivity contribution in [3.8, 4) is 0 Å². The largest absolute Gasteiger partial charge is 0.481 e. The minimum absolute atomic E-state index is 0.0676. The molecule has 1 amide bonds. The van der Waals surface area contributed by atoms with E-state index in [0.29, 0.717) is 24.4 Å². The van der Waals surface area contributed by atoms with E-state index in [0.717, 1.165) is 22.8 Å². The van der Waals surface area contributed by atoms with Gasteiger partial charge in [-0.05, 0) is 59.5 Å². The molecule has 0 spiro atoms. The van der Waals surface area contributed by atoms with Gasteiger partial charge >= 0.3 is 5.97 Å². The number of benzene rings is 1. The Hall–Kier alpha value is -1.11. The summed E-state index contributed by atoms with van der Waals surface area (Å²) >= 11 is 2.18. The summed E-state index contributed by atoms with van der Waals surface area (Å²) in [6.45, 7) is 2.69. The lowest BCUT2D eigenvalue weighted by atomic mass is 9.94.